The fourth-order valence-electron chi connectivity index (χ4n) is 2.34. The van der Waals surface area contributed by atoms with Crippen LogP contribution in [0.25, 0.3) is 16.6 Å². The smallest absolute Gasteiger partial charge is 0.284 e. The summed E-state index contributed by atoms with van der Waals surface area (Å²) < 4.78 is 0.922. The molecule has 12 heteroatoms. The first-order valence-corrected chi connectivity index (χ1v) is 6.62. The van der Waals surface area contributed by atoms with Crippen molar-refractivity contribution >= 4 is 28.0 Å². The molecule has 0 saturated heterocycles. The van der Waals surface area contributed by atoms with Crippen LogP contribution in [0.5, 0.6) is 0 Å². The Morgan fingerprint density at radius 3 is 1.96 bits per heavy atom. The van der Waals surface area contributed by atoms with Crippen LogP contribution in [0, 0.1) is 30.3 Å². The number of nitrogens with one attached hydrogen (secondary N) is 1. The molecule has 2 aromatic carbocycles. The van der Waals surface area contributed by atoms with Gasteiger partial charge in [0, 0.05) is 18.2 Å². The van der Waals surface area contributed by atoms with Gasteiger partial charge in [-0.05, 0) is 12.1 Å². The first-order valence-electron chi connectivity index (χ1n) is 6.62. The lowest BCUT2D eigenvalue weighted by atomic mass is 10.2. The van der Waals surface area contributed by atoms with E-state index in [0.717, 1.165) is 28.9 Å². The number of benzene rings is 2. The molecule has 0 amide bonds. The van der Waals surface area contributed by atoms with Gasteiger partial charge in [0.15, 0.2) is 0 Å². The number of nitro benzene ring substituents is 3. The maximum absolute atomic E-state index is 12.4. The van der Waals surface area contributed by atoms with Gasteiger partial charge in [-0.1, -0.05) is 0 Å². The highest BCUT2D eigenvalue weighted by atomic mass is 16.6. The van der Waals surface area contributed by atoms with E-state index in [0.29, 0.717) is 0 Å². The van der Waals surface area contributed by atoms with Crippen LogP contribution in [0.2, 0.25) is 0 Å². The number of H-pyrrole nitrogens is 1. The molecule has 25 heavy (non-hydrogen) atoms. The summed E-state index contributed by atoms with van der Waals surface area (Å²) in [6.45, 7) is 0. The van der Waals surface area contributed by atoms with Crippen molar-refractivity contribution in [2.45, 2.75) is 0 Å². The Morgan fingerprint density at radius 2 is 1.44 bits per heavy atom. The van der Waals surface area contributed by atoms with Crippen molar-refractivity contribution in [2.24, 2.45) is 0 Å². The quantitative estimate of drug-likeness (QED) is 0.557. The predicted octanol–water partition coefficient (Wildman–Crippen LogP) is 2.04. The zero-order valence-corrected chi connectivity index (χ0v) is 12.1. The average molecular weight is 345 g/mol. The van der Waals surface area contributed by atoms with Crippen molar-refractivity contribution in [3.8, 4) is 5.69 Å². The molecule has 3 aromatic rings. The van der Waals surface area contributed by atoms with Gasteiger partial charge in [-0.15, -0.1) is 0 Å². The largest absolute Gasteiger partial charge is 0.301 e. The van der Waals surface area contributed by atoms with Crippen LogP contribution >= 0.6 is 0 Å². The third-order valence-corrected chi connectivity index (χ3v) is 3.49. The van der Waals surface area contributed by atoms with Gasteiger partial charge in [-0.3, -0.25) is 40.2 Å². The molecule has 0 atom stereocenters. The second-order valence-corrected chi connectivity index (χ2v) is 4.93. The molecule has 1 heterocycles. The Kier molecular flexibility index (Phi) is 3.49. The number of hydrogen-bond acceptors (Lipinski definition) is 7. The summed E-state index contributed by atoms with van der Waals surface area (Å²) in [6.07, 6.45) is 0. The molecule has 1 N–H and O–H groups in total. The second kappa shape index (κ2) is 5.52. The Balaban J connectivity index is 2.27. The molecule has 0 unspecified atom stereocenters. The zero-order chi connectivity index (χ0) is 18.3. The minimum Gasteiger partial charge on any atom is -0.284 e. The molecule has 0 saturated carbocycles. The van der Waals surface area contributed by atoms with Gasteiger partial charge in [-0.2, -0.15) is 0 Å². The van der Waals surface area contributed by atoms with E-state index in [2.05, 4.69) is 5.10 Å². The number of hydrogen-bond donors (Lipinski definition) is 1. The fraction of sp³-hybridized carbons (Fsp3) is 0. The number of fused-ring (bicyclic) bond motifs is 1. The highest BCUT2D eigenvalue weighted by Gasteiger charge is 2.24. The SMILES string of the molecule is O=c1c2cc([N+](=O)[O-])cc([N+](=O)[O-])c2[nH]n1-c1ccc([N+](=O)[O-])cc1. The highest BCUT2D eigenvalue weighted by Crippen LogP contribution is 2.28. The molecule has 12 nitrogen and oxygen atoms in total. The lowest BCUT2D eigenvalue weighted by molar-refractivity contribution is -0.393. The lowest BCUT2D eigenvalue weighted by Gasteiger charge is -2.00. The minimum atomic E-state index is -0.842. The van der Waals surface area contributed by atoms with Crippen molar-refractivity contribution in [1.82, 2.24) is 9.78 Å². The van der Waals surface area contributed by atoms with Crippen molar-refractivity contribution < 1.29 is 14.8 Å². The first-order chi connectivity index (χ1) is 11.8. The van der Waals surface area contributed by atoms with Crippen molar-refractivity contribution in [3.63, 3.8) is 0 Å². The molecule has 0 aliphatic carbocycles. The van der Waals surface area contributed by atoms with Gasteiger partial charge >= 0.3 is 5.69 Å². The fourth-order valence-corrected chi connectivity index (χ4v) is 2.34. The molecular weight excluding hydrogens is 338 g/mol. The van der Waals surface area contributed by atoms with E-state index >= 15 is 0 Å². The maximum atomic E-state index is 12.4. The number of non-ortho nitro benzene ring substituents is 3. The van der Waals surface area contributed by atoms with E-state index in [4.69, 9.17) is 0 Å². The van der Waals surface area contributed by atoms with Crippen LogP contribution in [-0.2, 0) is 0 Å². The van der Waals surface area contributed by atoms with Gasteiger partial charge in [0.1, 0.15) is 5.52 Å². The first kappa shape index (κ1) is 15.8. The third kappa shape index (κ3) is 2.56. The number of rotatable bonds is 4. The predicted molar refractivity (Wildman–Crippen MR) is 83.9 cm³/mol. The summed E-state index contributed by atoms with van der Waals surface area (Å²) in [5.41, 5.74) is -2.17. The Labute approximate surface area is 136 Å². The Bertz CT molecular complexity index is 1100. The van der Waals surface area contributed by atoms with Crippen LogP contribution < -0.4 is 5.56 Å². The van der Waals surface area contributed by atoms with Crippen LogP contribution in [0.3, 0.4) is 0 Å². The van der Waals surface area contributed by atoms with Crippen molar-refractivity contribution in [3.05, 3.63) is 77.1 Å². The van der Waals surface area contributed by atoms with E-state index in [1.165, 1.54) is 12.1 Å². The second-order valence-electron chi connectivity index (χ2n) is 4.93. The van der Waals surface area contributed by atoms with Gasteiger partial charge in [0.05, 0.1) is 31.9 Å². The summed E-state index contributed by atoms with van der Waals surface area (Å²) >= 11 is 0. The molecule has 126 valence electrons. The normalized spacial score (nSPS) is 10.7. The van der Waals surface area contributed by atoms with Crippen LogP contribution in [0.15, 0.2) is 41.2 Å². The van der Waals surface area contributed by atoms with Crippen molar-refractivity contribution in [2.75, 3.05) is 0 Å². The van der Waals surface area contributed by atoms with Gasteiger partial charge in [0.2, 0.25) is 0 Å². The van der Waals surface area contributed by atoms with E-state index < -0.39 is 31.7 Å². The molecule has 0 bridgehead atoms. The highest BCUT2D eigenvalue weighted by molar-refractivity contribution is 5.89. The molecule has 0 aliphatic heterocycles. The Morgan fingerprint density at radius 1 is 0.840 bits per heavy atom. The summed E-state index contributed by atoms with van der Waals surface area (Å²) in [6, 6.07) is 6.54. The van der Waals surface area contributed by atoms with E-state index in [9.17, 15) is 35.1 Å². The van der Waals surface area contributed by atoms with E-state index in [-0.39, 0.29) is 22.3 Å². The molecule has 0 fully saturated rings. The number of nitro groups is 3. The molecule has 3 rings (SSSR count). The third-order valence-electron chi connectivity index (χ3n) is 3.49. The van der Waals surface area contributed by atoms with Gasteiger partial charge in [-0.25, -0.2) is 4.68 Å². The maximum Gasteiger partial charge on any atom is 0.301 e. The molecule has 1 aromatic heterocycles. The van der Waals surface area contributed by atoms with Crippen LogP contribution in [0.1, 0.15) is 0 Å². The van der Waals surface area contributed by atoms with E-state index in [1.807, 2.05) is 0 Å². The zero-order valence-electron chi connectivity index (χ0n) is 12.1. The van der Waals surface area contributed by atoms with Crippen molar-refractivity contribution in [1.29, 1.82) is 0 Å². The molecule has 0 radical (unpaired) electrons. The summed E-state index contributed by atoms with van der Waals surface area (Å²) in [7, 11) is 0. The number of aromatic amines is 1. The summed E-state index contributed by atoms with van der Waals surface area (Å²) in [5, 5.41) is 35.0. The summed E-state index contributed by atoms with van der Waals surface area (Å²) in [4.78, 5) is 42.9. The van der Waals surface area contributed by atoms with Gasteiger partial charge in [0.25, 0.3) is 16.9 Å². The molecule has 0 spiro atoms. The lowest BCUT2D eigenvalue weighted by Crippen LogP contribution is -2.14. The van der Waals surface area contributed by atoms with E-state index in [1.54, 1.807) is 0 Å². The minimum absolute atomic E-state index is 0.182. The molecular formula is C13H7N5O7. The van der Waals surface area contributed by atoms with Gasteiger partial charge < -0.3 is 0 Å². The van der Waals surface area contributed by atoms with Crippen LogP contribution in [-0.4, -0.2) is 24.6 Å². The monoisotopic (exact) mass is 345 g/mol. The number of nitrogens with zero attached hydrogens (tertiary/aromatic N) is 4. The van der Waals surface area contributed by atoms with Crippen LogP contribution in [0.4, 0.5) is 17.1 Å². The molecule has 0 aliphatic rings. The Hall–Kier alpha value is -4.09. The summed E-state index contributed by atoms with van der Waals surface area (Å²) in [5.74, 6) is 0. The average Bonchev–Trinajstić information content (AvgIpc) is 2.91. The number of aromatic nitrogens is 2. The topological polar surface area (TPSA) is 167 Å². The standard InChI is InChI=1S/C13H7N5O7/c19-13-10-5-9(17(22)23)6-11(18(24)25)12(10)14-15(13)7-1-3-8(4-2-7)16(20)21/h1-6,14H.